The third-order valence-electron chi connectivity index (χ3n) is 4.23. The van der Waals surface area contributed by atoms with Gasteiger partial charge in [0.25, 0.3) is 11.8 Å². The molecule has 124 valence electrons. The van der Waals surface area contributed by atoms with Gasteiger partial charge in [0.15, 0.2) is 0 Å². The van der Waals surface area contributed by atoms with Crippen LogP contribution in [0.5, 0.6) is 0 Å². The van der Waals surface area contributed by atoms with Gasteiger partial charge in [-0.2, -0.15) is 0 Å². The molecule has 24 heavy (non-hydrogen) atoms. The van der Waals surface area contributed by atoms with Crippen LogP contribution < -0.4 is 0 Å². The zero-order valence-corrected chi connectivity index (χ0v) is 13.7. The number of amides is 2. The van der Waals surface area contributed by atoms with Crippen LogP contribution in [-0.4, -0.2) is 57.8 Å². The first-order valence-corrected chi connectivity index (χ1v) is 8.07. The number of carbonyl (C=O) groups is 2. The van der Waals surface area contributed by atoms with Crippen molar-refractivity contribution in [2.45, 2.75) is 13.3 Å². The lowest BCUT2D eigenvalue weighted by molar-refractivity contribution is 0.0715. The average molecular weight is 324 g/mol. The maximum absolute atomic E-state index is 12.7. The molecule has 1 aromatic heterocycles. The molecular weight excluding hydrogens is 304 g/mol. The van der Waals surface area contributed by atoms with E-state index in [0.717, 1.165) is 17.5 Å². The lowest BCUT2D eigenvalue weighted by Gasteiger charge is -2.22. The molecule has 3 rings (SSSR count). The Balaban J connectivity index is 1.68. The summed E-state index contributed by atoms with van der Waals surface area (Å²) in [6, 6.07) is 7.60. The molecule has 2 heterocycles. The summed E-state index contributed by atoms with van der Waals surface area (Å²) in [7, 11) is 0. The van der Waals surface area contributed by atoms with Crippen molar-refractivity contribution in [2.24, 2.45) is 0 Å². The predicted molar refractivity (Wildman–Crippen MR) is 89.6 cm³/mol. The number of hydrogen-bond acceptors (Lipinski definition) is 4. The van der Waals surface area contributed by atoms with E-state index in [-0.39, 0.29) is 11.8 Å². The van der Waals surface area contributed by atoms with Crippen molar-refractivity contribution in [3.8, 4) is 0 Å². The van der Waals surface area contributed by atoms with Gasteiger partial charge in [-0.1, -0.05) is 18.2 Å². The first kappa shape index (κ1) is 16.1. The summed E-state index contributed by atoms with van der Waals surface area (Å²) in [5.74, 6) is -0.102. The molecule has 0 spiro atoms. The fourth-order valence-corrected chi connectivity index (χ4v) is 2.88. The molecule has 1 saturated heterocycles. The molecule has 2 amide bonds. The van der Waals surface area contributed by atoms with Gasteiger partial charge in [0.2, 0.25) is 0 Å². The molecule has 1 fully saturated rings. The Hall–Kier alpha value is -2.76. The SMILES string of the molecule is Cc1ccccc1C(=O)N1CCCN(C(=O)c2cnccn2)CC1. The molecule has 0 atom stereocenters. The monoisotopic (exact) mass is 324 g/mol. The van der Waals surface area contributed by atoms with E-state index < -0.39 is 0 Å². The molecule has 6 nitrogen and oxygen atoms in total. The second kappa shape index (κ2) is 7.21. The first-order chi connectivity index (χ1) is 11.7. The van der Waals surface area contributed by atoms with Crippen LogP contribution in [0.25, 0.3) is 0 Å². The van der Waals surface area contributed by atoms with Crippen LogP contribution in [0, 0.1) is 6.92 Å². The highest BCUT2D eigenvalue weighted by Gasteiger charge is 2.24. The maximum atomic E-state index is 12.7. The van der Waals surface area contributed by atoms with Gasteiger partial charge in [-0.15, -0.1) is 0 Å². The van der Waals surface area contributed by atoms with Crippen LogP contribution in [0.1, 0.15) is 32.8 Å². The van der Waals surface area contributed by atoms with Gasteiger partial charge in [-0.05, 0) is 25.0 Å². The number of nitrogens with zero attached hydrogens (tertiary/aromatic N) is 4. The van der Waals surface area contributed by atoms with Crippen molar-refractivity contribution in [1.29, 1.82) is 0 Å². The molecule has 1 aliphatic rings. The Kier molecular flexibility index (Phi) is 4.84. The molecular formula is C18H20N4O2. The topological polar surface area (TPSA) is 66.4 Å². The van der Waals surface area contributed by atoms with E-state index in [9.17, 15) is 9.59 Å². The molecule has 6 heteroatoms. The summed E-state index contributed by atoms with van der Waals surface area (Å²) in [4.78, 5) is 36.8. The van der Waals surface area contributed by atoms with Crippen molar-refractivity contribution in [1.82, 2.24) is 19.8 Å². The fourth-order valence-electron chi connectivity index (χ4n) is 2.88. The Morgan fingerprint density at radius 3 is 2.33 bits per heavy atom. The summed E-state index contributed by atoms with van der Waals surface area (Å²) in [5.41, 5.74) is 2.04. The first-order valence-electron chi connectivity index (χ1n) is 8.07. The van der Waals surface area contributed by atoms with E-state index in [1.165, 1.54) is 12.4 Å². The van der Waals surface area contributed by atoms with Gasteiger partial charge in [-0.3, -0.25) is 14.6 Å². The van der Waals surface area contributed by atoms with Crippen LogP contribution >= 0.6 is 0 Å². The quantitative estimate of drug-likeness (QED) is 0.844. The van der Waals surface area contributed by atoms with E-state index in [1.54, 1.807) is 11.1 Å². The van der Waals surface area contributed by atoms with Crippen LogP contribution in [0.2, 0.25) is 0 Å². The summed E-state index contributed by atoms with van der Waals surface area (Å²) >= 11 is 0. The molecule has 2 aromatic rings. The van der Waals surface area contributed by atoms with Crippen molar-refractivity contribution < 1.29 is 9.59 Å². The molecule has 0 aliphatic carbocycles. The van der Waals surface area contributed by atoms with Gasteiger partial charge in [0, 0.05) is 44.1 Å². The maximum Gasteiger partial charge on any atom is 0.274 e. The second-order valence-electron chi connectivity index (χ2n) is 5.84. The molecule has 0 bridgehead atoms. The van der Waals surface area contributed by atoms with E-state index >= 15 is 0 Å². The van der Waals surface area contributed by atoms with Crippen molar-refractivity contribution in [3.63, 3.8) is 0 Å². The Morgan fingerprint density at radius 2 is 1.67 bits per heavy atom. The largest absolute Gasteiger partial charge is 0.337 e. The van der Waals surface area contributed by atoms with E-state index in [4.69, 9.17) is 0 Å². The van der Waals surface area contributed by atoms with Gasteiger partial charge >= 0.3 is 0 Å². The van der Waals surface area contributed by atoms with Gasteiger partial charge in [0.05, 0.1) is 6.20 Å². The lowest BCUT2D eigenvalue weighted by atomic mass is 10.1. The normalized spacial score (nSPS) is 15.0. The summed E-state index contributed by atoms with van der Waals surface area (Å²) in [6.45, 7) is 4.24. The second-order valence-corrected chi connectivity index (χ2v) is 5.84. The third-order valence-corrected chi connectivity index (χ3v) is 4.23. The number of rotatable bonds is 2. The summed E-state index contributed by atoms with van der Waals surface area (Å²) in [5, 5.41) is 0. The zero-order chi connectivity index (χ0) is 16.9. The minimum atomic E-state index is -0.131. The average Bonchev–Trinajstić information content (AvgIpc) is 2.88. The zero-order valence-electron chi connectivity index (χ0n) is 13.7. The molecule has 1 aliphatic heterocycles. The van der Waals surface area contributed by atoms with Crippen molar-refractivity contribution >= 4 is 11.8 Å². The van der Waals surface area contributed by atoms with Crippen LogP contribution in [0.3, 0.4) is 0 Å². The van der Waals surface area contributed by atoms with Crippen LogP contribution in [-0.2, 0) is 0 Å². The lowest BCUT2D eigenvalue weighted by Crippen LogP contribution is -2.37. The Labute approximate surface area is 141 Å². The number of aromatic nitrogens is 2. The van der Waals surface area contributed by atoms with E-state index in [0.29, 0.717) is 31.9 Å². The van der Waals surface area contributed by atoms with Gasteiger partial charge in [-0.25, -0.2) is 4.98 Å². The highest BCUT2D eigenvalue weighted by molar-refractivity contribution is 5.96. The Morgan fingerprint density at radius 1 is 0.958 bits per heavy atom. The van der Waals surface area contributed by atoms with E-state index in [1.807, 2.05) is 36.1 Å². The number of hydrogen-bond donors (Lipinski definition) is 0. The Bertz CT molecular complexity index is 733. The molecule has 0 saturated carbocycles. The smallest absolute Gasteiger partial charge is 0.274 e. The van der Waals surface area contributed by atoms with Crippen molar-refractivity contribution in [2.75, 3.05) is 26.2 Å². The van der Waals surface area contributed by atoms with Crippen LogP contribution in [0.15, 0.2) is 42.9 Å². The van der Waals surface area contributed by atoms with Gasteiger partial charge < -0.3 is 9.80 Å². The standard InChI is InChI=1S/C18H20N4O2/c1-14-5-2-3-6-15(14)17(23)21-9-4-10-22(12-11-21)18(24)16-13-19-7-8-20-16/h2-3,5-8,13H,4,9-12H2,1H3. The number of carbonyl (C=O) groups excluding carboxylic acids is 2. The molecule has 0 unspecified atom stereocenters. The highest BCUT2D eigenvalue weighted by Crippen LogP contribution is 2.14. The van der Waals surface area contributed by atoms with Gasteiger partial charge in [0.1, 0.15) is 5.69 Å². The number of benzene rings is 1. The third kappa shape index (κ3) is 3.42. The minimum Gasteiger partial charge on any atom is -0.337 e. The summed E-state index contributed by atoms with van der Waals surface area (Å²) < 4.78 is 0. The minimum absolute atomic E-state index is 0.0295. The molecule has 0 radical (unpaired) electrons. The predicted octanol–water partition coefficient (Wildman–Crippen LogP) is 1.77. The van der Waals surface area contributed by atoms with E-state index in [2.05, 4.69) is 9.97 Å². The highest BCUT2D eigenvalue weighted by atomic mass is 16.2. The van der Waals surface area contributed by atoms with Crippen molar-refractivity contribution in [3.05, 3.63) is 59.7 Å². The molecule has 0 N–H and O–H groups in total. The number of aryl methyl sites for hydroxylation is 1. The molecule has 1 aromatic carbocycles. The summed E-state index contributed by atoms with van der Waals surface area (Å²) in [6.07, 6.45) is 5.29. The van der Waals surface area contributed by atoms with Crippen LogP contribution in [0.4, 0.5) is 0 Å². The fraction of sp³-hybridized carbons (Fsp3) is 0.333.